The first kappa shape index (κ1) is 17.6. The van der Waals surface area contributed by atoms with Crippen LogP contribution in [-0.2, 0) is 6.18 Å². The van der Waals surface area contributed by atoms with E-state index in [1.165, 1.54) is 23.1 Å². The van der Waals surface area contributed by atoms with Gasteiger partial charge in [0.05, 0.1) is 11.7 Å². The molecule has 0 atom stereocenters. The van der Waals surface area contributed by atoms with Gasteiger partial charge < -0.3 is 14.2 Å². The smallest absolute Gasteiger partial charge is 0.352 e. The topological polar surface area (TPSA) is 75.3 Å². The number of fused-ring (bicyclic) bond motifs is 2. The molecule has 4 aromatic rings. The van der Waals surface area contributed by atoms with Gasteiger partial charge in [-0.05, 0) is 6.07 Å². The summed E-state index contributed by atoms with van der Waals surface area (Å²) < 4.78 is 40.5. The van der Waals surface area contributed by atoms with Crippen molar-refractivity contribution in [3.8, 4) is 0 Å². The SMILES string of the molecule is FC(F)(F)c1cn2ccnc(N3CCN(c4ncnc5cnccc45)CC3)c2n1. The van der Waals surface area contributed by atoms with E-state index in [1.807, 2.05) is 11.0 Å². The van der Waals surface area contributed by atoms with Crippen LogP contribution in [0.15, 0.2) is 43.4 Å². The van der Waals surface area contributed by atoms with Crippen molar-refractivity contribution in [3.05, 3.63) is 49.1 Å². The molecule has 5 heterocycles. The molecule has 1 saturated heterocycles. The molecule has 11 heteroatoms. The first-order valence-corrected chi connectivity index (χ1v) is 8.96. The molecule has 0 N–H and O–H groups in total. The Balaban J connectivity index is 1.41. The van der Waals surface area contributed by atoms with Crippen LogP contribution in [0.2, 0.25) is 0 Å². The van der Waals surface area contributed by atoms with E-state index >= 15 is 0 Å². The van der Waals surface area contributed by atoms with Gasteiger partial charge in [0.15, 0.2) is 17.2 Å². The van der Waals surface area contributed by atoms with E-state index < -0.39 is 11.9 Å². The largest absolute Gasteiger partial charge is 0.434 e. The number of anilines is 2. The molecule has 5 rings (SSSR count). The molecule has 0 amide bonds. The third-order valence-electron chi connectivity index (χ3n) is 4.94. The van der Waals surface area contributed by atoms with Gasteiger partial charge in [-0.15, -0.1) is 0 Å². The summed E-state index contributed by atoms with van der Waals surface area (Å²) in [4.78, 5) is 24.9. The van der Waals surface area contributed by atoms with Crippen LogP contribution in [0.3, 0.4) is 0 Å². The average molecular weight is 400 g/mol. The molecule has 4 aromatic heterocycles. The van der Waals surface area contributed by atoms with E-state index in [1.54, 1.807) is 12.4 Å². The van der Waals surface area contributed by atoms with Gasteiger partial charge in [-0.1, -0.05) is 0 Å². The van der Waals surface area contributed by atoms with Crippen LogP contribution in [-0.4, -0.2) is 55.5 Å². The summed E-state index contributed by atoms with van der Waals surface area (Å²) in [5.41, 5.74) is 0.0433. The highest BCUT2D eigenvalue weighted by Crippen LogP contribution is 2.31. The van der Waals surface area contributed by atoms with E-state index in [4.69, 9.17) is 0 Å². The Hall–Kier alpha value is -3.50. The lowest BCUT2D eigenvalue weighted by Crippen LogP contribution is -2.47. The minimum absolute atomic E-state index is 0.201. The average Bonchev–Trinajstić information content (AvgIpc) is 3.19. The van der Waals surface area contributed by atoms with Crippen molar-refractivity contribution >= 4 is 28.2 Å². The molecule has 0 radical (unpaired) electrons. The minimum atomic E-state index is -4.50. The Labute approximate surface area is 162 Å². The molecule has 29 heavy (non-hydrogen) atoms. The van der Waals surface area contributed by atoms with Crippen molar-refractivity contribution in [1.29, 1.82) is 0 Å². The number of alkyl halides is 3. The molecule has 1 aliphatic heterocycles. The Bertz CT molecular complexity index is 1180. The summed E-state index contributed by atoms with van der Waals surface area (Å²) in [5.74, 6) is 1.27. The molecule has 0 spiro atoms. The summed E-state index contributed by atoms with van der Waals surface area (Å²) in [6, 6.07) is 1.88. The second-order valence-corrected chi connectivity index (χ2v) is 6.67. The van der Waals surface area contributed by atoms with Crippen LogP contribution in [0.25, 0.3) is 16.6 Å². The summed E-state index contributed by atoms with van der Waals surface area (Å²) in [6.45, 7) is 2.45. The number of piperazine rings is 1. The van der Waals surface area contributed by atoms with Gasteiger partial charge in [0.2, 0.25) is 0 Å². The monoisotopic (exact) mass is 400 g/mol. The molecule has 0 aliphatic carbocycles. The van der Waals surface area contributed by atoms with E-state index in [-0.39, 0.29) is 5.65 Å². The molecule has 1 fully saturated rings. The molecule has 0 saturated carbocycles. The normalized spacial score (nSPS) is 15.4. The Morgan fingerprint density at radius 1 is 0.897 bits per heavy atom. The maximum Gasteiger partial charge on any atom is 0.434 e. The van der Waals surface area contributed by atoms with Crippen LogP contribution < -0.4 is 9.80 Å². The highest BCUT2D eigenvalue weighted by molar-refractivity contribution is 5.88. The van der Waals surface area contributed by atoms with Gasteiger partial charge in [-0.25, -0.2) is 19.9 Å². The Kier molecular flexibility index (Phi) is 3.96. The number of rotatable bonds is 2. The van der Waals surface area contributed by atoms with Crippen LogP contribution in [0.5, 0.6) is 0 Å². The number of halogens is 3. The first-order chi connectivity index (χ1) is 14.0. The number of imidazole rings is 1. The quantitative estimate of drug-likeness (QED) is 0.512. The van der Waals surface area contributed by atoms with Crippen molar-refractivity contribution in [1.82, 2.24) is 29.3 Å². The van der Waals surface area contributed by atoms with Gasteiger partial charge >= 0.3 is 6.18 Å². The second-order valence-electron chi connectivity index (χ2n) is 6.67. The maximum atomic E-state index is 13.0. The van der Waals surface area contributed by atoms with Gasteiger partial charge in [0.1, 0.15) is 12.1 Å². The maximum absolute atomic E-state index is 13.0. The van der Waals surface area contributed by atoms with Crippen molar-refractivity contribution in [2.24, 2.45) is 0 Å². The summed E-state index contributed by atoms with van der Waals surface area (Å²) in [7, 11) is 0. The fraction of sp³-hybridized carbons (Fsp3) is 0.278. The van der Waals surface area contributed by atoms with E-state index in [2.05, 4.69) is 29.8 Å². The van der Waals surface area contributed by atoms with Gasteiger partial charge in [0.25, 0.3) is 0 Å². The third kappa shape index (κ3) is 3.08. The summed E-state index contributed by atoms with van der Waals surface area (Å²) in [6.07, 6.45) is 4.35. The third-order valence-corrected chi connectivity index (χ3v) is 4.94. The zero-order chi connectivity index (χ0) is 20.0. The van der Waals surface area contributed by atoms with E-state index in [0.29, 0.717) is 32.0 Å². The van der Waals surface area contributed by atoms with E-state index in [0.717, 1.165) is 22.9 Å². The lowest BCUT2D eigenvalue weighted by molar-refractivity contribution is -0.140. The molecule has 0 unspecified atom stereocenters. The predicted molar refractivity (Wildman–Crippen MR) is 99.7 cm³/mol. The van der Waals surface area contributed by atoms with Crippen molar-refractivity contribution in [3.63, 3.8) is 0 Å². The second kappa shape index (κ2) is 6.54. The highest BCUT2D eigenvalue weighted by Gasteiger charge is 2.34. The van der Waals surface area contributed by atoms with Gasteiger partial charge in [-0.2, -0.15) is 13.2 Å². The fourth-order valence-electron chi connectivity index (χ4n) is 3.54. The summed E-state index contributed by atoms with van der Waals surface area (Å²) in [5, 5.41) is 0.916. The minimum Gasteiger partial charge on any atom is -0.352 e. The van der Waals surface area contributed by atoms with E-state index in [9.17, 15) is 13.2 Å². The lowest BCUT2D eigenvalue weighted by atomic mass is 10.2. The number of nitrogens with zero attached hydrogens (tertiary/aromatic N) is 8. The molecule has 8 nitrogen and oxygen atoms in total. The van der Waals surface area contributed by atoms with Gasteiger partial charge in [0, 0.05) is 56.4 Å². The molecular weight excluding hydrogens is 385 g/mol. The predicted octanol–water partition coefficient (Wildman–Crippen LogP) is 2.41. The van der Waals surface area contributed by atoms with Crippen LogP contribution in [0.4, 0.5) is 24.8 Å². The highest BCUT2D eigenvalue weighted by atomic mass is 19.4. The zero-order valence-corrected chi connectivity index (χ0v) is 15.1. The van der Waals surface area contributed by atoms with Crippen molar-refractivity contribution in [2.45, 2.75) is 6.18 Å². The Morgan fingerprint density at radius 3 is 2.41 bits per heavy atom. The van der Waals surface area contributed by atoms with Crippen LogP contribution in [0.1, 0.15) is 5.69 Å². The zero-order valence-electron chi connectivity index (χ0n) is 15.1. The number of aromatic nitrogens is 6. The molecule has 0 bridgehead atoms. The standard InChI is InChI=1S/C18H15F3N8/c19-18(20,21)14-10-29-4-3-23-16(17(29)26-14)28-7-5-27(6-8-28)15-12-1-2-22-9-13(12)24-11-25-15/h1-4,9-11H,5-8H2. The number of hydrogen-bond acceptors (Lipinski definition) is 7. The van der Waals surface area contributed by atoms with Crippen LogP contribution >= 0.6 is 0 Å². The van der Waals surface area contributed by atoms with Crippen molar-refractivity contribution < 1.29 is 13.2 Å². The lowest BCUT2D eigenvalue weighted by Gasteiger charge is -2.36. The van der Waals surface area contributed by atoms with Crippen LogP contribution in [0, 0.1) is 0 Å². The van der Waals surface area contributed by atoms with Gasteiger partial charge in [-0.3, -0.25) is 4.98 Å². The number of pyridine rings is 1. The molecule has 148 valence electrons. The fourth-order valence-corrected chi connectivity index (χ4v) is 3.54. The Morgan fingerprint density at radius 2 is 1.66 bits per heavy atom. The molecular formula is C18H15F3N8. The first-order valence-electron chi connectivity index (χ1n) is 8.96. The number of hydrogen-bond donors (Lipinski definition) is 0. The summed E-state index contributed by atoms with van der Waals surface area (Å²) >= 11 is 0. The molecule has 0 aromatic carbocycles. The van der Waals surface area contributed by atoms with Crippen molar-refractivity contribution in [2.75, 3.05) is 36.0 Å². The molecule has 1 aliphatic rings.